The van der Waals surface area contributed by atoms with Gasteiger partial charge < -0.3 is 14.4 Å². The van der Waals surface area contributed by atoms with Crippen LogP contribution in [0.15, 0.2) is 35.7 Å². The van der Waals surface area contributed by atoms with Crippen LogP contribution in [0, 0.1) is 0 Å². The van der Waals surface area contributed by atoms with Gasteiger partial charge in [-0.15, -0.1) is 0 Å². The number of nitrogens with two attached hydrogens (primary N) is 1. The summed E-state index contributed by atoms with van der Waals surface area (Å²) in [4.78, 5) is 10.9. The molecule has 6 nitrogen and oxygen atoms in total. The Balaban J connectivity index is 3.11. The van der Waals surface area contributed by atoms with E-state index in [2.05, 4.69) is 0 Å². The zero-order valence-corrected chi connectivity index (χ0v) is 13.8. The van der Waals surface area contributed by atoms with Crippen molar-refractivity contribution in [3.8, 4) is 0 Å². The largest absolute Gasteiger partial charge is 0.550 e. The van der Waals surface area contributed by atoms with Crippen LogP contribution in [-0.4, -0.2) is 51.4 Å². The van der Waals surface area contributed by atoms with Crippen molar-refractivity contribution in [1.82, 2.24) is 0 Å². The molecule has 22 heavy (non-hydrogen) atoms. The number of carbonyl (C=O) groups excluding carboxylic acids is 1. The van der Waals surface area contributed by atoms with Gasteiger partial charge in [-0.05, 0) is 11.6 Å². The van der Waals surface area contributed by atoms with Crippen LogP contribution >= 0.6 is 0 Å². The number of quaternary nitrogens is 1. The Kier molecular flexibility index (Phi) is 5.87. The first-order valence-corrected chi connectivity index (χ1v) is 8.38. The average Bonchev–Trinajstić information content (AvgIpc) is 2.42. The molecule has 2 unspecified atom stereocenters. The number of benzene rings is 1. The van der Waals surface area contributed by atoms with Crippen LogP contribution in [0.1, 0.15) is 12.0 Å². The second kappa shape index (κ2) is 7.04. The fraction of sp³-hybridized carbons (Fsp3) is 0.400. The van der Waals surface area contributed by atoms with Crippen LogP contribution in [0.25, 0.3) is 6.08 Å². The summed E-state index contributed by atoms with van der Waals surface area (Å²) in [6.45, 7) is 0. The molecule has 122 valence electrons. The van der Waals surface area contributed by atoms with E-state index in [9.17, 15) is 18.3 Å². The number of hydrogen-bond donors (Lipinski definition) is 1. The maximum absolute atomic E-state index is 12.5. The summed E-state index contributed by atoms with van der Waals surface area (Å²) in [5.74, 6) is -1.44. The average molecular weight is 326 g/mol. The van der Waals surface area contributed by atoms with Crippen molar-refractivity contribution >= 4 is 21.9 Å². The molecule has 0 heterocycles. The number of rotatable bonds is 7. The van der Waals surface area contributed by atoms with Gasteiger partial charge in [-0.25, -0.2) is 8.42 Å². The van der Waals surface area contributed by atoms with Gasteiger partial charge in [-0.2, -0.15) is 0 Å². The van der Waals surface area contributed by atoms with Crippen LogP contribution in [0.2, 0.25) is 0 Å². The summed E-state index contributed by atoms with van der Waals surface area (Å²) in [6, 6.07) is 8.88. The van der Waals surface area contributed by atoms with Gasteiger partial charge in [0.2, 0.25) is 0 Å². The number of hydrogen-bond acceptors (Lipinski definition) is 5. The molecular formula is C15H22N2O4S. The Morgan fingerprint density at radius 3 is 2.27 bits per heavy atom. The number of carbonyl (C=O) groups is 1. The minimum absolute atomic E-state index is 0.121. The lowest BCUT2D eigenvalue weighted by molar-refractivity contribution is -0.895. The molecule has 0 aliphatic rings. The quantitative estimate of drug-likeness (QED) is 0.541. The Morgan fingerprint density at radius 2 is 1.82 bits per heavy atom. The standard InChI is InChI=1S/C15H22N2O4S/c1-17(2,3)15(16)13(11-14(18)19)22(20,21)10-9-12-7-5-4-6-8-12/h4-10,13,15H,11,16H2,1-3H3. The molecule has 1 aromatic carbocycles. The number of sulfone groups is 1. The van der Waals surface area contributed by atoms with E-state index in [0.29, 0.717) is 5.56 Å². The SMILES string of the molecule is C[N+](C)(C)C(N)C(CC(=O)[O-])S(=O)(=O)C=Cc1ccccc1. The highest BCUT2D eigenvalue weighted by Crippen LogP contribution is 2.18. The zero-order chi connectivity index (χ0) is 17.0. The maximum Gasteiger partial charge on any atom is 0.182 e. The lowest BCUT2D eigenvalue weighted by Gasteiger charge is -2.35. The summed E-state index contributed by atoms with van der Waals surface area (Å²) in [6.07, 6.45) is -0.0960. The number of carboxylic acid groups (broad SMARTS) is 1. The molecule has 0 bridgehead atoms. The highest BCUT2D eigenvalue weighted by molar-refractivity contribution is 7.95. The minimum atomic E-state index is -3.84. The summed E-state index contributed by atoms with van der Waals surface area (Å²) in [5.41, 5.74) is 6.67. The highest BCUT2D eigenvalue weighted by Gasteiger charge is 2.37. The number of nitrogens with zero attached hydrogens (tertiary/aromatic N) is 1. The van der Waals surface area contributed by atoms with E-state index in [0.717, 1.165) is 5.41 Å². The van der Waals surface area contributed by atoms with Crippen LogP contribution in [0.5, 0.6) is 0 Å². The van der Waals surface area contributed by atoms with Crippen molar-refractivity contribution in [3.05, 3.63) is 41.3 Å². The molecule has 1 aromatic rings. The van der Waals surface area contributed by atoms with Gasteiger partial charge in [0.15, 0.2) is 16.0 Å². The Labute approximate surface area is 131 Å². The van der Waals surface area contributed by atoms with E-state index in [1.54, 1.807) is 45.4 Å². The molecule has 1 rings (SSSR count). The normalized spacial score (nSPS) is 15.6. The Hall–Kier alpha value is -1.70. The second-order valence-corrected chi connectivity index (χ2v) is 8.08. The summed E-state index contributed by atoms with van der Waals surface area (Å²) in [7, 11) is 1.30. The van der Waals surface area contributed by atoms with Crippen molar-refractivity contribution in [2.24, 2.45) is 5.73 Å². The minimum Gasteiger partial charge on any atom is -0.550 e. The van der Waals surface area contributed by atoms with E-state index in [1.165, 1.54) is 6.08 Å². The Bertz CT molecular complexity index is 633. The topological polar surface area (TPSA) is 100 Å². The molecule has 2 N–H and O–H groups in total. The molecule has 0 fully saturated rings. The second-order valence-electron chi connectivity index (χ2n) is 6.02. The van der Waals surface area contributed by atoms with Gasteiger partial charge in [0.25, 0.3) is 0 Å². The molecule has 0 amide bonds. The van der Waals surface area contributed by atoms with Crippen molar-refractivity contribution in [1.29, 1.82) is 0 Å². The zero-order valence-electron chi connectivity index (χ0n) is 13.0. The summed E-state index contributed by atoms with van der Waals surface area (Å²) >= 11 is 0. The lowest BCUT2D eigenvalue weighted by atomic mass is 10.2. The van der Waals surface area contributed by atoms with E-state index >= 15 is 0 Å². The maximum atomic E-state index is 12.5. The van der Waals surface area contributed by atoms with E-state index < -0.39 is 33.6 Å². The van der Waals surface area contributed by atoms with Crippen LogP contribution in [-0.2, 0) is 14.6 Å². The molecule has 0 spiro atoms. The van der Waals surface area contributed by atoms with Crippen LogP contribution < -0.4 is 10.8 Å². The molecule has 0 aliphatic carbocycles. The Morgan fingerprint density at radius 1 is 1.27 bits per heavy atom. The molecule has 0 saturated heterocycles. The predicted molar refractivity (Wildman–Crippen MR) is 83.8 cm³/mol. The smallest absolute Gasteiger partial charge is 0.182 e. The third-order valence-electron chi connectivity index (χ3n) is 3.31. The molecule has 2 atom stereocenters. The fourth-order valence-electron chi connectivity index (χ4n) is 1.93. The first-order chi connectivity index (χ1) is 10.0. The van der Waals surface area contributed by atoms with Crippen molar-refractivity contribution < 1.29 is 22.8 Å². The van der Waals surface area contributed by atoms with E-state index in [-0.39, 0.29) is 4.48 Å². The first-order valence-electron chi connectivity index (χ1n) is 6.77. The lowest BCUT2D eigenvalue weighted by Crippen LogP contribution is -2.59. The van der Waals surface area contributed by atoms with Gasteiger partial charge >= 0.3 is 0 Å². The van der Waals surface area contributed by atoms with E-state index in [4.69, 9.17) is 5.73 Å². The van der Waals surface area contributed by atoms with Crippen molar-refractivity contribution in [2.45, 2.75) is 17.8 Å². The van der Waals surface area contributed by atoms with E-state index in [1.807, 2.05) is 6.07 Å². The van der Waals surface area contributed by atoms with Crippen LogP contribution in [0.3, 0.4) is 0 Å². The van der Waals surface area contributed by atoms with Gasteiger partial charge in [0.05, 0.1) is 21.1 Å². The summed E-state index contributed by atoms with van der Waals surface area (Å²) in [5, 5.41) is 10.7. The van der Waals surface area contributed by atoms with Gasteiger partial charge in [0, 0.05) is 17.8 Å². The molecule has 0 aromatic heterocycles. The molecule has 0 saturated carbocycles. The molecule has 0 aliphatic heterocycles. The highest BCUT2D eigenvalue weighted by atomic mass is 32.2. The molecule has 7 heteroatoms. The predicted octanol–water partition coefficient (Wildman–Crippen LogP) is -0.428. The van der Waals surface area contributed by atoms with Crippen molar-refractivity contribution in [3.63, 3.8) is 0 Å². The van der Waals surface area contributed by atoms with Gasteiger partial charge in [0.1, 0.15) is 5.25 Å². The molecular weight excluding hydrogens is 304 g/mol. The monoisotopic (exact) mass is 326 g/mol. The third-order valence-corrected chi connectivity index (χ3v) is 5.12. The van der Waals surface area contributed by atoms with Crippen molar-refractivity contribution in [2.75, 3.05) is 21.1 Å². The number of aliphatic carboxylic acids is 1. The van der Waals surface area contributed by atoms with Crippen LogP contribution in [0.4, 0.5) is 0 Å². The van der Waals surface area contributed by atoms with Gasteiger partial charge in [-0.1, -0.05) is 30.3 Å². The summed E-state index contributed by atoms with van der Waals surface area (Å²) < 4.78 is 25.0. The number of carboxylic acids is 1. The molecule has 0 radical (unpaired) electrons. The third kappa shape index (κ3) is 5.25. The fourth-order valence-corrected chi connectivity index (χ4v) is 3.60. The first kappa shape index (κ1) is 18.3. The van der Waals surface area contributed by atoms with Gasteiger partial charge in [-0.3, -0.25) is 5.73 Å².